The van der Waals surface area contributed by atoms with Gasteiger partial charge in [-0.3, -0.25) is 29.7 Å². The van der Waals surface area contributed by atoms with Crippen LogP contribution in [-0.2, 0) is 6.18 Å². The zero-order valence-electron chi connectivity index (χ0n) is 23.8. The first-order valence-corrected chi connectivity index (χ1v) is 14.1. The maximum Gasteiger partial charge on any atom is 0.416 e. The Bertz CT molecular complexity index is 1520. The van der Waals surface area contributed by atoms with Crippen LogP contribution in [0.25, 0.3) is 5.70 Å². The van der Waals surface area contributed by atoms with Crippen molar-refractivity contribution in [1.82, 2.24) is 35.7 Å². The van der Waals surface area contributed by atoms with Gasteiger partial charge in [0.15, 0.2) is 0 Å². The number of hydrogen-bond acceptors (Lipinski definition) is 10. The number of rotatable bonds is 7. The van der Waals surface area contributed by atoms with E-state index in [2.05, 4.69) is 53.4 Å². The summed E-state index contributed by atoms with van der Waals surface area (Å²) in [5.74, 6) is -0.775. The zero-order chi connectivity index (χ0) is 30.1. The molecule has 226 valence electrons. The number of hydrazine groups is 2. The van der Waals surface area contributed by atoms with Crippen LogP contribution < -0.4 is 26.6 Å². The summed E-state index contributed by atoms with van der Waals surface area (Å²) in [5, 5.41) is 7.91. The average Bonchev–Trinajstić information content (AvgIpc) is 3.46. The Hall–Kier alpha value is -4.27. The smallest absolute Gasteiger partial charge is 0.381 e. The molecule has 3 aromatic heterocycles. The fourth-order valence-corrected chi connectivity index (χ4v) is 5.44. The number of nitrogens with one attached hydrogen (secondary N) is 4. The summed E-state index contributed by atoms with van der Waals surface area (Å²) in [5.41, 5.74) is 9.12. The van der Waals surface area contributed by atoms with Crippen molar-refractivity contribution in [3.63, 3.8) is 0 Å². The van der Waals surface area contributed by atoms with Gasteiger partial charge in [-0.05, 0) is 51.1 Å². The van der Waals surface area contributed by atoms with E-state index in [-0.39, 0.29) is 5.69 Å². The number of pyridine rings is 3. The van der Waals surface area contributed by atoms with Crippen LogP contribution in [0.1, 0.15) is 40.2 Å². The third-order valence-electron chi connectivity index (χ3n) is 8.05. The van der Waals surface area contributed by atoms with E-state index in [0.717, 1.165) is 68.2 Å². The highest BCUT2D eigenvalue weighted by Gasteiger charge is 2.35. The van der Waals surface area contributed by atoms with Gasteiger partial charge in [0.25, 0.3) is 5.91 Å². The minimum atomic E-state index is -4.58. The van der Waals surface area contributed by atoms with Crippen LogP contribution >= 0.6 is 0 Å². The highest BCUT2D eigenvalue weighted by molar-refractivity contribution is 6.03. The molecule has 1 amide bonds. The van der Waals surface area contributed by atoms with Gasteiger partial charge in [-0.2, -0.15) is 13.2 Å². The number of hydrogen-bond donors (Lipinski definition) is 4. The molecule has 1 saturated heterocycles. The summed E-state index contributed by atoms with van der Waals surface area (Å²) in [4.78, 5) is 30.2. The van der Waals surface area contributed by atoms with Crippen molar-refractivity contribution in [2.45, 2.75) is 38.0 Å². The molecule has 5 heterocycles. The van der Waals surface area contributed by atoms with Gasteiger partial charge in [-0.25, -0.2) is 0 Å². The predicted molar refractivity (Wildman–Crippen MR) is 157 cm³/mol. The average molecular weight is 595 g/mol. The number of amides is 1. The highest BCUT2D eigenvalue weighted by Crippen LogP contribution is 2.31. The third-order valence-corrected chi connectivity index (χ3v) is 8.05. The molecule has 3 aliphatic rings. The number of carbonyl (C=O) groups excluding carboxylic acids is 1. The van der Waals surface area contributed by atoms with E-state index in [0.29, 0.717) is 35.2 Å². The lowest BCUT2D eigenvalue weighted by atomic mass is 9.85. The molecule has 0 radical (unpaired) electrons. The van der Waals surface area contributed by atoms with Crippen molar-refractivity contribution in [1.29, 1.82) is 0 Å². The number of aromatic nitrogens is 3. The number of nitrogens with zero attached hydrogens (tertiary/aromatic N) is 6. The van der Waals surface area contributed by atoms with Gasteiger partial charge in [-0.15, -0.1) is 5.53 Å². The van der Waals surface area contributed by atoms with Gasteiger partial charge < -0.3 is 21.0 Å². The minimum absolute atomic E-state index is 0.303. The summed E-state index contributed by atoms with van der Waals surface area (Å²) in [7, 11) is 2.17. The Kier molecular flexibility index (Phi) is 7.90. The van der Waals surface area contributed by atoms with E-state index in [4.69, 9.17) is 0 Å². The van der Waals surface area contributed by atoms with Crippen LogP contribution in [0.4, 0.5) is 30.2 Å². The van der Waals surface area contributed by atoms with Gasteiger partial charge in [0.05, 0.1) is 40.2 Å². The fraction of sp³-hybridized carbons (Fsp3) is 0.379. The van der Waals surface area contributed by atoms with E-state index in [1.807, 2.05) is 25.4 Å². The van der Waals surface area contributed by atoms with Crippen LogP contribution in [0.3, 0.4) is 0 Å². The Morgan fingerprint density at radius 1 is 1.02 bits per heavy atom. The molecule has 4 N–H and O–H groups in total. The number of piperazine rings is 1. The van der Waals surface area contributed by atoms with E-state index in [1.165, 1.54) is 6.20 Å². The second-order valence-electron chi connectivity index (χ2n) is 11.1. The molecule has 2 aliphatic heterocycles. The van der Waals surface area contributed by atoms with Gasteiger partial charge in [0.2, 0.25) is 0 Å². The number of likely N-dealkylation sites (N-methyl/N-ethyl adjacent to an activating group) is 1. The topological polar surface area (TPSA) is 114 Å². The molecule has 0 spiro atoms. The summed E-state index contributed by atoms with van der Waals surface area (Å²) >= 11 is 0. The van der Waals surface area contributed by atoms with E-state index in [9.17, 15) is 18.0 Å². The summed E-state index contributed by atoms with van der Waals surface area (Å²) in [6, 6.07) is 6.30. The molecule has 3 aromatic rings. The maximum atomic E-state index is 13.1. The van der Waals surface area contributed by atoms with Gasteiger partial charge in [0, 0.05) is 68.6 Å². The highest BCUT2D eigenvalue weighted by atomic mass is 19.4. The van der Waals surface area contributed by atoms with Crippen LogP contribution in [0, 0.1) is 6.92 Å². The minimum Gasteiger partial charge on any atom is -0.381 e. The molecule has 14 heteroatoms. The number of aryl methyl sites for hydroxylation is 1. The van der Waals surface area contributed by atoms with Crippen molar-refractivity contribution in [3.8, 4) is 0 Å². The SMILES string of the molecule is Cc1ncc(NC(=O)c2cc(C(F)(F)F)ccn2)cc1N1C=C(c2cncc(NC3CC(N4CCN(C)CC4)C3)c2)NN1. The molecule has 11 nitrogen and oxygen atoms in total. The van der Waals surface area contributed by atoms with E-state index in [1.54, 1.807) is 17.3 Å². The predicted octanol–water partition coefficient (Wildman–Crippen LogP) is 3.47. The van der Waals surface area contributed by atoms with Crippen molar-refractivity contribution in [3.05, 3.63) is 77.8 Å². The Morgan fingerprint density at radius 3 is 2.58 bits per heavy atom. The molecule has 0 atom stereocenters. The van der Waals surface area contributed by atoms with Gasteiger partial charge in [-0.1, -0.05) is 0 Å². The van der Waals surface area contributed by atoms with Crippen molar-refractivity contribution >= 4 is 28.7 Å². The Morgan fingerprint density at radius 2 is 1.81 bits per heavy atom. The Labute approximate surface area is 247 Å². The number of alkyl halides is 3. The molecule has 1 aliphatic carbocycles. The fourth-order valence-electron chi connectivity index (χ4n) is 5.44. The molecule has 0 bridgehead atoms. The first-order valence-electron chi connectivity index (χ1n) is 14.1. The molecule has 0 unspecified atom stereocenters. The largest absolute Gasteiger partial charge is 0.416 e. The van der Waals surface area contributed by atoms with Crippen molar-refractivity contribution in [2.75, 3.05) is 48.9 Å². The summed E-state index contributed by atoms with van der Waals surface area (Å²) in [6.45, 7) is 6.32. The molecule has 1 saturated carbocycles. The first kappa shape index (κ1) is 28.8. The van der Waals surface area contributed by atoms with E-state index < -0.39 is 17.6 Å². The lowest BCUT2D eigenvalue weighted by molar-refractivity contribution is -0.137. The standard InChI is InChI=1S/C29H33F3N10O/c1-18-27(13-23(16-35-18)37-28(43)25-10-20(3-4-34-25)29(30,31)32)42-17-26(38-39-42)19-9-22(15-33-14-19)36-21-11-24(12-21)41-7-5-40(2)6-8-41/h3-4,9-10,13-17,21,24,36,38-39H,5-8,11-12H2,1-2H3,(H,37,43). The summed E-state index contributed by atoms with van der Waals surface area (Å²) < 4.78 is 39.2. The van der Waals surface area contributed by atoms with Crippen molar-refractivity contribution in [2.24, 2.45) is 0 Å². The molecule has 43 heavy (non-hydrogen) atoms. The van der Waals surface area contributed by atoms with E-state index >= 15 is 0 Å². The Balaban J connectivity index is 1.09. The van der Waals surface area contributed by atoms with Crippen LogP contribution in [-0.4, -0.2) is 76.0 Å². The normalized spacial score (nSPS) is 21.1. The first-order chi connectivity index (χ1) is 20.6. The molecule has 2 fully saturated rings. The number of anilines is 3. The van der Waals surface area contributed by atoms with Gasteiger partial charge >= 0.3 is 6.18 Å². The van der Waals surface area contributed by atoms with Crippen molar-refractivity contribution < 1.29 is 18.0 Å². The zero-order valence-corrected chi connectivity index (χ0v) is 23.8. The van der Waals surface area contributed by atoms with Crippen LogP contribution in [0.5, 0.6) is 0 Å². The third kappa shape index (κ3) is 6.55. The lowest BCUT2D eigenvalue weighted by Crippen LogP contribution is -2.55. The molecule has 6 rings (SSSR count). The molecular formula is C29H33F3N10O. The van der Waals surface area contributed by atoms with Gasteiger partial charge in [0.1, 0.15) is 5.69 Å². The quantitative estimate of drug-likeness (QED) is 0.324. The van der Waals surface area contributed by atoms with Crippen LogP contribution in [0.2, 0.25) is 0 Å². The second kappa shape index (κ2) is 11.8. The lowest BCUT2D eigenvalue weighted by Gasteiger charge is -2.46. The molecule has 0 aromatic carbocycles. The number of carbonyl (C=O) groups is 1. The second-order valence-corrected chi connectivity index (χ2v) is 11.1. The van der Waals surface area contributed by atoms with Crippen LogP contribution in [0.15, 0.2) is 55.3 Å². The molecular weight excluding hydrogens is 561 g/mol. The summed E-state index contributed by atoms with van der Waals surface area (Å²) in [6.07, 6.45) is 5.49. The maximum absolute atomic E-state index is 13.1. The number of halogens is 3. The monoisotopic (exact) mass is 594 g/mol.